The number of hydrogen-bond acceptors (Lipinski definition) is 6. The van der Waals surface area contributed by atoms with Gasteiger partial charge in [0.1, 0.15) is 10.9 Å². The summed E-state index contributed by atoms with van der Waals surface area (Å²) in [6.45, 7) is 1.79. The standard InChI is InChI=1S/C19H14N4O3S/c1-11-17(27-19(20-11)15-7-4-10-26-15)18(25)21-13-6-3-2-5-12(13)14-8-9-16(24)23-22-14/h2-10,14H,1H3,(H,21,25). The predicted molar refractivity (Wildman–Crippen MR) is 101 cm³/mol. The van der Waals surface area contributed by atoms with Gasteiger partial charge < -0.3 is 9.73 Å². The van der Waals surface area contributed by atoms with Crippen LogP contribution in [0.15, 0.2) is 69.5 Å². The molecule has 1 aliphatic rings. The van der Waals surface area contributed by atoms with E-state index in [9.17, 15) is 9.59 Å². The first kappa shape index (κ1) is 17.0. The summed E-state index contributed by atoms with van der Waals surface area (Å²) in [7, 11) is 0. The van der Waals surface area contributed by atoms with Crippen LogP contribution in [-0.4, -0.2) is 16.8 Å². The van der Waals surface area contributed by atoms with Gasteiger partial charge in [-0.3, -0.25) is 9.59 Å². The van der Waals surface area contributed by atoms with Crippen molar-refractivity contribution in [2.75, 3.05) is 5.32 Å². The maximum Gasteiger partial charge on any atom is 0.287 e. The number of hydrogen-bond donors (Lipinski definition) is 1. The number of rotatable bonds is 4. The first-order valence-corrected chi connectivity index (χ1v) is 8.98. The molecule has 0 fully saturated rings. The van der Waals surface area contributed by atoms with Gasteiger partial charge in [-0.05, 0) is 31.2 Å². The zero-order valence-electron chi connectivity index (χ0n) is 14.2. The van der Waals surface area contributed by atoms with Gasteiger partial charge >= 0.3 is 0 Å². The Labute approximate surface area is 158 Å². The van der Waals surface area contributed by atoms with E-state index in [2.05, 4.69) is 20.5 Å². The summed E-state index contributed by atoms with van der Waals surface area (Å²) in [6, 6.07) is 10.5. The highest BCUT2D eigenvalue weighted by Gasteiger charge is 2.21. The van der Waals surface area contributed by atoms with Gasteiger partial charge in [0, 0.05) is 17.3 Å². The molecule has 7 nitrogen and oxygen atoms in total. The molecule has 2 aromatic heterocycles. The molecule has 0 saturated heterocycles. The van der Waals surface area contributed by atoms with Crippen LogP contribution in [0.4, 0.5) is 5.69 Å². The highest BCUT2D eigenvalue weighted by atomic mass is 32.1. The van der Waals surface area contributed by atoms with Crippen LogP contribution in [-0.2, 0) is 4.79 Å². The quantitative estimate of drug-likeness (QED) is 0.720. The van der Waals surface area contributed by atoms with E-state index in [0.29, 0.717) is 27.0 Å². The SMILES string of the molecule is Cc1nc(-c2ccco2)sc1C(=O)Nc1ccccc1C1C=CC(=O)N=N1. The molecule has 2 amide bonds. The monoisotopic (exact) mass is 378 g/mol. The molecular weight excluding hydrogens is 364 g/mol. The molecule has 0 saturated carbocycles. The van der Waals surface area contributed by atoms with Crippen LogP contribution in [0.25, 0.3) is 10.8 Å². The van der Waals surface area contributed by atoms with Gasteiger partial charge in [0.2, 0.25) is 0 Å². The van der Waals surface area contributed by atoms with Crippen LogP contribution in [0.3, 0.4) is 0 Å². The van der Waals surface area contributed by atoms with E-state index in [1.54, 1.807) is 37.5 Å². The summed E-state index contributed by atoms with van der Waals surface area (Å²) in [6.07, 6.45) is 4.60. The van der Waals surface area contributed by atoms with Crippen molar-refractivity contribution >= 4 is 28.8 Å². The molecule has 1 unspecified atom stereocenters. The molecular formula is C19H14N4O3S. The molecule has 0 spiro atoms. The lowest BCUT2D eigenvalue weighted by molar-refractivity contribution is -0.114. The topological polar surface area (TPSA) is 96.9 Å². The molecule has 0 bridgehead atoms. The Balaban J connectivity index is 1.60. The average molecular weight is 378 g/mol. The minimum atomic E-state index is -0.416. The van der Waals surface area contributed by atoms with E-state index < -0.39 is 11.9 Å². The molecule has 1 atom stereocenters. The Morgan fingerprint density at radius 3 is 2.81 bits per heavy atom. The Kier molecular flexibility index (Phi) is 4.47. The third kappa shape index (κ3) is 3.47. The van der Waals surface area contributed by atoms with Crippen molar-refractivity contribution in [3.63, 3.8) is 0 Å². The van der Waals surface area contributed by atoms with Crippen molar-refractivity contribution in [3.05, 3.63) is 70.9 Å². The second-order valence-electron chi connectivity index (χ2n) is 5.81. The summed E-state index contributed by atoms with van der Waals surface area (Å²) < 4.78 is 5.35. The molecule has 1 N–H and O–H groups in total. The summed E-state index contributed by atoms with van der Waals surface area (Å²) in [5, 5.41) is 11.1. The molecule has 1 aromatic carbocycles. The van der Waals surface area contributed by atoms with Gasteiger partial charge in [0.05, 0.1) is 12.0 Å². The summed E-state index contributed by atoms with van der Waals surface area (Å²) in [5.41, 5.74) is 1.99. The smallest absolute Gasteiger partial charge is 0.287 e. The molecule has 3 heterocycles. The second-order valence-corrected chi connectivity index (χ2v) is 6.81. The molecule has 0 aliphatic carbocycles. The Morgan fingerprint density at radius 2 is 2.07 bits per heavy atom. The number of azo groups is 1. The summed E-state index contributed by atoms with van der Waals surface area (Å²) >= 11 is 1.27. The number of nitrogens with one attached hydrogen (secondary N) is 1. The van der Waals surface area contributed by atoms with Crippen LogP contribution >= 0.6 is 11.3 Å². The summed E-state index contributed by atoms with van der Waals surface area (Å²) in [4.78, 5) is 28.9. The van der Waals surface area contributed by atoms with Crippen LogP contribution in [0, 0.1) is 6.92 Å². The average Bonchev–Trinajstić information content (AvgIpc) is 3.32. The minimum absolute atomic E-state index is 0.261. The molecule has 4 rings (SSSR count). The van der Waals surface area contributed by atoms with Crippen molar-refractivity contribution < 1.29 is 14.0 Å². The number of aryl methyl sites for hydroxylation is 1. The van der Waals surface area contributed by atoms with Gasteiger partial charge in [-0.25, -0.2) is 4.98 Å². The first-order valence-electron chi connectivity index (χ1n) is 8.16. The van der Waals surface area contributed by atoms with Crippen molar-refractivity contribution in [1.29, 1.82) is 0 Å². The van der Waals surface area contributed by atoms with E-state index in [-0.39, 0.29) is 5.91 Å². The number of benzene rings is 1. The van der Waals surface area contributed by atoms with E-state index in [1.807, 2.05) is 18.2 Å². The third-order valence-electron chi connectivity index (χ3n) is 3.96. The lowest BCUT2D eigenvalue weighted by atomic mass is 10.0. The van der Waals surface area contributed by atoms with Crippen LogP contribution in [0.2, 0.25) is 0 Å². The van der Waals surface area contributed by atoms with Crippen molar-refractivity contribution in [2.45, 2.75) is 13.0 Å². The van der Waals surface area contributed by atoms with Gasteiger partial charge in [-0.15, -0.1) is 16.5 Å². The number of nitrogens with zero attached hydrogens (tertiary/aromatic N) is 3. The second kappa shape index (κ2) is 7.08. The number of furan rings is 1. The van der Waals surface area contributed by atoms with Gasteiger partial charge in [-0.1, -0.05) is 18.2 Å². The summed E-state index contributed by atoms with van der Waals surface area (Å²) in [5.74, 6) is -0.0264. The lowest BCUT2D eigenvalue weighted by Crippen LogP contribution is -2.14. The third-order valence-corrected chi connectivity index (χ3v) is 5.13. The first-order chi connectivity index (χ1) is 13.1. The number of para-hydroxylation sites is 1. The van der Waals surface area contributed by atoms with E-state index >= 15 is 0 Å². The Hall–Kier alpha value is -3.39. The largest absolute Gasteiger partial charge is 0.462 e. The zero-order chi connectivity index (χ0) is 18.8. The van der Waals surface area contributed by atoms with Crippen LogP contribution in [0.5, 0.6) is 0 Å². The minimum Gasteiger partial charge on any atom is -0.462 e. The molecule has 1 aliphatic heterocycles. The number of anilines is 1. The van der Waals surface area contributed by atoms with Crippen molar-refractivity contribution in [2.24, 2.45) is 10.2 Å². The van der Waals surface area contributed by atoms with E-state index in [4.69, 9.17) is 4.42 Å². The van der Waals surface area contributed by atoms with Crippen LogP contribution < -0.4 is 5.32 Å². The highest BCUT2D eigenvalue weighted by molar-refractivity contribution is 7.17. The normalized spacial score (nSPS) is 15.9. The van der Waals surface area contributed by atoms with Crippen molar-refractivity contribution in [1.82, 2.24) is 4.98 Å². The number of amides is 2. The van der Waals surface area contributed by atoms with E-state index in [0.717, 1.165) is 5.56 Å². The van der Waals surface area contributed by atoms with Gasteiger partial charge in [-0.2, -0.15) is 5.11 Å². The highest BCUT2D eigenvalue weighted by Crippen LogP contribution is 2.31. The zero-order valence-corrected chi connectivity index (χ0v) is 15.1. The molecule has 27 heavy (non-hydrogen) atoms. The maximum atomic E-state index is 12.8. The van der Waals surface area contributed by atoms with Gasteiger partial charge in [0.15, 0.2) is 10.8 Å². The number of carbonyl (C=O) groups is 2. The van der Waals surface area contributed by atoms with Crippen molar-refractivity contribution in [3.8, 4) is 10.8 Å². The fourth-order valence-corrected chi connectivity index (χ4v) is 3.62. The fourth-order valence-electron chi connectivity index (χ4n) is 2.69. The number of carbonyl (C=O) groups excluding carboxylic acids is 2. The molecule has 134 valence electrons. The van der Waals surface area contributed by atoms with Crippen LogP contribution in [0.1, 0.15) is 27.0 Å². The Morgan fingerprint density at radius 1 is 1.22 bits per heavy atom. The molecule has 3 aromatic rings. The van der Waals surface area contributed by atoms with E-state index in [1.165, 1.54) is 17.4 Å². The maximum absolute atomic E-state index is 12.8. The predicted octanol–water partition coefficient (Wildman–Crippen LogP) is 4.55. The number of aromatic nitrogens is 1. The number of thiazole rings is 1. The Bertz CT molecular complexity index is 1050. The lowest BCUT2D eigenvalue weighted by Gasteiger charge is -2.15. The molecule has 8 heteroatoms. The molecule has 0 radical (unpaired) electrons. The van der Waals surface area contributed by atoms with Gasteiger partial charge in [0.25, 0.3) is 11.8 Å². The fraction of sp³-hybridized carbons (Fsp3) is 0.105.